The number of aliphatic hydroxyl groups excluding tert-OH is 2. The van der Waals surface area contributed by atoms with Gasteiger partial charge in [0.1, 0.15) is 29.5 Å². The fourth-order valence-electron chi connectivity index (χ4n) is 8.43. The fraction of sp³-hybridized carbons (Fsp3) is 0.282. The van der Waals surface area contributed by atoms with Crippen molar-refractivity contribution >= 4 is 17.0 Å². The second-order valence-electron chi connectivity index (χ2n) is 13.2. The minimum atomic E-state index is -0.844. The molecule has 4 aromatic carbocycles. The molecular formula is C39H35NO7. The molecule has 5 unspecified atom stereocenters. The number of hydrogen-bond acceptors (Lipinski definition) is 7. The Labute approximate surface area is 271 Å². The van der Waals surface area contributed by atoms with Crippen molar-refractivity contribution in [2.24, 2.45) is 0 Å². The number of rotatable bonds is 4. The van der Waals surface area contributed by atoms with Crippen molar-refractivity contribution in [3.63, 3.8) is 0 Å². The maximum absolute atomic E-state index is 11.7. The average molecular weight is 630 g/mol. The third kappa shape index (κ3) is 4.21. The van der Waals surface area contributed by atoms with Crippen molar-refractivity contribution < 1.29 is 34.6 Å². The van der Waals surface area contributed by atoms with Crippen LogP contribution < -0.4 is 14.2 Å². The lowest BCUT2D eigenvalue weighted by atomic mass is 9.65. The number of hydrogen-bond donors (Lipinski definition) is 5. The number of ether oxygens (including phenoxy) is 3. The molecule has 9 rings (SSSR count). The van der Waals surface area contributed by atoms with Crippen molar-refractivity contribution in [3.05, 3.63) is 106 Å². The highest BCUT2D eigenvalue weighted by Crippen LogP contribution is 2.59. The van der Waals surface area contributed by atoms with E-state index in [0.29, 0.717) is 42.7 Å². The van der Waals surface area contributed by atoms with Crippen LogP contribution in [0.2, 0.25) is 0 Å². The van der Waals surface area contributed by atoms with E-state index in [0.717, 1.165) is 55.6 Å². The monoisotopic (exact) mass is 629 g/mol. The number of nitrogens with one attached hydrogen (secondary N) is 1. The Hall–Kier alpha value is -4.92. The molecule has 2 aliphatic carbocycles. The number of allylic oxidation sites excluding steroid dienone is 1. The summed E-state index contributed by atoms with van der Waals surface area (Å²) in [6.07, 6.45) is 6.68. The zero-order chi connectivity index (χ0) is 32.0. The molecule has 0 saturated heterocycles. The highest BCUT2D eigenvalue weighted by Gasteiger charge is 2.43. The Balaban J connectivity index is 1.24. The summed E-state index contributed by atoms with van der Waals surface area (Å²) >= 11 is 0. The van der Waals surface area contributed by atoms with E-state index >= 15 is 0 Å². The van der Waals surface area contributed by atoms with E-state index in [4.69, 9.17) is 14.2 Å². The van der Waals surface area contributed by atoms with Gasteiger partial charge in [0.05, 0.1) is 19.8 Å². The zero-order valence-corrected chi connectivity index (χ0v) is 25.9. The summed E-state index contributed by atoms with van der Waals surface area (Å²) in [7, 11) is 1.50. The van der Waals surface area contributed by atoms with Gasteiger partial charge < -0.3 is 39.6 Å². The SMILES string of the molecule is COc1cc(C2Oc3c(c4c(c5c3CCC(CO)O5)-c3ccc(O)c5c3C(C4)C(c3ccc4[nH]ccc4c3)C=C5)CC2O)ccc1O. The molecule has 0 radical (unpaired) electrons. The zero-order valence-electron chi connectivity index (χ0n) is 25.9. The molecule has 2 aliphatic heterocycles. The second-order valence-corrected chi connectivity index (χ2v) is 13.2. The Morgan fingerprint density at radius 1 is 0.894 bits per heavy atom. The molecule has 0 spiro atoms. The highest BCUT2D eigenvalue weighted by atomic mass is 16.5. The van der Waals surface area contributed by atoms with E-state index in [9.17, 15) is 20.4 Å². The molecule has 5 aromatic rings. The van der Waals surface area contributed by atoms with E-state index in [-0.39, 0.29) is 36.0 Å². The summed E-state index contributed by atoms with van der Waals surface area (Å²) in [6, 6.07) is 17.4. The summed E-state index contributed by atoms with van der Waals surface area (Å²) in [6.45, 7) is -0.0937. The van der Waals surface area contributed by atoms with E-state index in [2.05, 4.69) is 35.3 Å². The second kappa shape index (κ2) is 10.6. The number of aromatic hydroxyl groups is 2. The fourth-order valence-corrected chi connectivity index (χ4v) is 8.43. The van der Waals surface area contributed by atoms with E-state index in [1.54, 1.807) is 24.3 Å². The smallest absolute Gasteiger partial charge is 0.160 e. The van der Waals surface area contributed by atoms with Crippen LogP contribution in [0, 0.1) is 0 Å². The molecule has 8 heteroatoms. The molecule has 47 heavy (non-hydrogen) atoms. The van der Waals surface area contributed by atoms with Gasteiger partial charge in [-0.25, -0.2) is 0 Å². The molecular weight excluding hydrogens is 594 g/mol. The molecule has 0 fully saturated rings. The first-order chi connectivity index (χ1) is 22.9. The van der Waals surface area contributed by atoms with Gasteiger partial charge in [-0.3, -0.25) is 0 Å². The van der Waals surface area contributed by atoms with Crippen LogP contribution >= 0.6 is 0 Å². The Morgan fingerprint density at radius 3 is 2.60 bits per heavy atom. The van der Waals surface area contributed by atoms with Gasteiger partial charge in [0.25, 0.3) is 0 Å². The maximum atomic E-state index is 11.7. The first-order valence-electron chi connectivity index (χ1n) is 16.2. The molecule has 5 atom stereocenters. The summed E-state index contributed by atoms with van der Waals surface area (Å²) in [5, 5.41) is 44.3. The summed E-state index contributed by atoms with van der Waals surface area (Å²) in [4.78, 5) is 3.29. The van der Waals surface area contributed by atoms with Gasteiger partial charge in [-0.1, -0.05) is 30.4 Å². The Bertz CT molecular complexity index is 2110. The summed E-state index contributed by atoms with van der Waals surface area (Å²) in [5.41, 5.74) is 9.90. The number of fused-ring (bicyclic) bond motifs is 8. The highest BCUT2D eigenvalue weighted by molar-refractivity contribution is 5.89. The number of aromatic nitrogens is 1. The van der Waals surface area contributed by atoms with Crippen LogP contribution in [0.5, 0.6) is 28.7 Å². The number of aromatic amines is 1. The number of phenolic OH excluding ortho intramolecular Hbond substituents is 2. The predicted molar refractivity (Wildman–Crippen MR) is 178 cm³/mol. The standard InChI is InChI=1S/C39H35NO7/c1-45-34-15-21(3-10-32(34)43)37-33(44)17-29-28-16-27-23(19-2-9-30-20(14-19)12-13-40-30)6-7-24-31(42)11-8-25(35(24)27)36(28)39-26(38(29)47-37)5-4-22(18-41)46-39/h2-3,6-15,22-23,27,33,37,40-44H,4-5,16-18H2,1H3. The van der Waals surface area contributed by atoms with Crippen LogP contribution in [0.15, 0.2) is 66.9 Å². The number of H-pyrrole nitrogens is 1. The van der Waals surface area contributed by atoms with Crippen LogP contribution in [0.25, 0.3) is 28.1 Å². The van der Waals surface area contributed by atoms with Gasteiger partial charge in [0.15, 0.2) is 11.5 Å². The summed E-state index contributed by atoms with van der Waals surface area (Å²) in [5.74, 6) is 2.12. The number of methoxy groups -OCH3 is 1. The number of aliphatic hydroxyl groups is 2. The van der Waals surface area contributed by atoms with Gasteiger partial charge in [-0.2, -0.15) is 0 Å². The third-order valence-electron chi connectivity index (χ3n) is 10.7. The van der Waals surface area contributed by atoms with Gasteiger partial charge in [-0.05, 0) is 94.8 Å². The van der Waals surface area contributed by atoms with Gasteiger partial charge in [0.2, 0.25) is 0 Å². The van der Waals surface area contributed by atoms with Crippen LogP contribution in [0.3, 0.4) is 0 Å². The van der Waals surface area contributed by atoms with Gasteiger partial charge >= 0.3 is 0 Å². The van der Waals surface area contributed by atoms with Crippen LogP contribution in [-0.4, -0.2) is 51.3 Å². The molecule has 0 amide bonds. The van der Waals surface area contributed by atoms with E-state index in [1.165, 1.54) is 12.7 Å². The topological polar surface area (TPSA) is 124 Å². The van der Waals surface area contributed by atoms with Crippen LogP contribution in [-0.2, 0) is 19.3 Å². The maximum Gasteiger partial charge on any atom is 0.160 e. The minimum absolute atomic E-state index is 0.0210. The molecule has 1 aromatic heterocycles. The number of benzene rings is 4. The van der Waals surface area contributed by atoms with Gasteiger partial charge in [0, 0.05) is 46.3 Å². The predicted octanol–water partition coefficient (Wildman–Crippen LogP) is 6.43. The van der Waals surface area contributed by atoms with Crippen molar-refractivity contribution in [3.8, 4) is 39.9 Å². The molecule has 0 saturated carbocycles. The quantitative estimate of drug-likeness (QED) is 0.155. The average Bonchev–Trinajstić information content (AvgIpc) is 3.57. The molecule has 3 heterocycles. The molecule has 4 aliphatic rings. The molecule has 5 N–H and O–H groups in total. The van der Waals surface area contributed by atoms with Crippen molar-refractivity contribution in [2.75, 3.05) is 13.7 Å². The Kier molecular flexibility index (Phi) is 6.36. The third-order valence-corrected chi connectivity index (χ3v) is 10.7. The minimum Gasteiger partial charge on any atom is -0.507 e. The van der Waals surface area contributed by atoms with Crippen molar-refractivity contribution in [1.29, 1.82) is 0 Å². The lowest BCUT2D eigenvalue weighted by Crippen LogP contribution is -2.35. The largest absolute Gasteiger partial charge is 0.507 e. The molecule has 0 bridgehead atoms. The van der Waals surface area contributed by atoms with E-state index in [1.807, 2.05) is 18.3 Å². The first-order valence-corrected chi connectivity index (χ1v) is 16.2. The van der Waals surface area contributed by atoms with Gasteiger partial charge in [-0.15, -0.1) is 0 Å². The normalized spacial score (nSPS) is 23.6. The molecule has 8 nitrogen and oxygen atoms in total. The van der Waals surface area contributed by atoms with Crippen molar-refractivity contribution in [1.82, 2.24) is 4.98 Å². The summed E-state index contributed by atoms with van der Waals surface area (Å²) < 4.78 is 18.7. The first kappa shape index (κ1) is 28.3. The van der Waals surface area contributed by atoms with Crippen LogP contribution in [0.4, 0.5) is 0 Å². The van der Waals surface area contributed by atoms with Crippen LogP contribution in [0.1, 0.15) is 63.3 Å². The van der Waals surface area contributed by atoms with Crippen molar-refractivity contribution in [2.45, 2.75) is 55.8 Å². The number of phenols is 2. The van der Waals surface area contributed by atoms with E-state index < -0.39 is 12.2 Å². The lowest BCUT2D eigenvalue weighted by Gasteiger charge is -2.42. The molecule has 238 valence electrons. The lowest BCUT2D eigenvalue weighted by molar-refractivity contribution is 0.0181. The Morgan fingerprint density at radius 2 is 1.74 bits per heavy atom.